The van der Waals surface area contributed by atoms with E-state index in [4.69, 9.17) is 0 Å². The van der Waals surface area contributed by atoms with Gasteiger partial charge in [0.15, 0.2) is 0 Å². The summed E-state index contributed by atoms with van der Waals surface area (Å²) in [6.07, 6.45) is -1.33. The summed E-state index contributed by atoms with van der Waals surface area (Å²) in [5, 5.41) is 3.10. The van der Waals surface area contributed by atoms with Gasteiger partial charge in [0.1, 0.15) is 5.75 Å². The third-order valence-corrected chi connectivity index (χ3v) is 2.32. The number of rotatable bonds is 4. The minimum absolute atomic E-state index is 0.224. The molecular formula is C13H11F3N2O. The molecule has 19 heavy (non-hydrogen) atoms. The van der Waals surface area contributed by atoms with Gasteiger partial charge in [-0.1, -0.05) is 12.1 Å². The number of anilines is 1. The Kier molecular flexibility index (Phi) is 3.89. The second-order valence-electron chi connectivity index (χ2n) is 3.79. The smallest absolute Gasteiger partial charge is 0.406 e. The Morgan fingerprint density at radius 1 is 1.11 bits per heavy atom. The number of nitrogens with one attached hydrogen (secondary N) is 1. The molecule has 0 bridgehead atoms. The summed E-state index contributed by atoms with van der Waals surface area (Å²) in [6, 6.07) is 9.37. The Hall–Kier alpha value is -2.24. The lowest BCUT2D eigenvalue weighted by Crippen LogP contribution is -2.17. The second-order valence-corrected chi connectivity index (χ2v) is 3.79. The van der Waals surface area contributed by atoms with Crippen LogP contribution in [0.1, 0.15) is 5.56 Å². The second kappa shape index (κ2) is 5.60. The average molecular weight is 268 g/mol. The highest BCUT2D eigenvalue weighted by Crippen LogP contribution is 2.22. The predicted octanol–water partition coefficient (Wildman–Crippen LogP) is 3.59. The first-order chi connectivity index (χ1) is 9.03. The molecule has 2 aromatic rings. The zero-order valence-electron chi connectivity index (χ0n) is 9.82. The summed E-state index contributed by atoms with van der Waals surface area (Å²) in [4.78, 5) is 3.94. The topological polar surface area (TPSA) is 34.1 Å². The lowest BCUT2D eigenvalue weighted by molar-refractivity contribution is -0.274. The standard InChI is InChI=1S/C13H11F3N2O/c14-13(15,16)19-12-5-3-10(4-6-12)8-18-11-2-1-7-17-9-11/h1-7,9,18H,8H2. The molecule has 0 spiro atoms. The molecule has 1 aromatic heterocycles. The van der Waals surface area contributed by atoms with E-state index in [0.29, 0.717) is 6.54 Å². The van der Waals surface area contributed by atoms with Gasteiger partial charge >= 0.3 is 6.36 Å². The van der Waals surface area contributed by atoms with Crippen LogP contribution in [0, 0.1) is 0 Å². The molecule has 0 saturated carbocycles. The summed E-state index contributed by atoms with van der Waals surface area (Å²) >= 11 is 0. The molecule has 0 radical (unpaired) electrons. The molecular weight excluding hydrogens is 257 g/mol. The molecule has 2 rings (SSSR count). The van der Waals surface area contributed by atoms with Crippen molar-refractivity contribution >= 4 is 5.69 Å². The Morgan fingerprint density at radius 2 is 1.84 bits per heavy atom. The lowest BCUT2D eigenvalue weighted by atomic mass is 10.2. The summed E-state index contributed by atoms with van der Waals surface area (Å²) in [5.74, 6) is -0.224. The van der Waals surface area contributed by atoms with Crippen molar-refractivity contribution in [2.75, 3.05) is 5.32 Å². The van der Waals surface area contributed by atoms with Gasteiger partial charge < -0.3 is 10.1 Å². The van der Waals surface area contributed by atoms with Gasteiger partial charge in [-0.2, -0.15) is 0 Å². The van der Waals surface area contributed by atoms with Gasteiger partial charge in [-0.15, -0.1) is 13.2 Å². The van der Waals surface area contributed by atoms with Crippen LogP contribution in [0.2, 0.25) is 0 Å². The van der Waals surface area contributed by atoms with E-state index in [1.54, 1.807) is 30.6 Å². The molecule has 3 nitrogen and oxygen atoms in total. The van der Waals surface area contributed by atoms with Gasteiger partial charge in [0, 0.05) is 18.9 Å². The zero-order valence-corrected chi connectivity index (χ0v) is 9.82. The number of hydrogen-bond donors (Lipinski definition) is 1. The first kappa shape index (κ1) is 13.2. The number of alkyl halides is 3. The number of pyridine rings is 1. The highest BCUT2D eigenvalue weighted by Gasteiger charge is 2.30. The van der Waals surface area contributed by atoms with Crippen LogP contribution in [0.25, 0.3) is 0 Å². The van der Waals surface area contributed by atoms with Crippen molar-refractivity contribution in [3.8, 4) is 5.75 Å². The van der Waals surface area contributed by atoms with Crippen LogP contribution in [0.4, 0.5) is 18.9 Å². The summed E-state index contributed by atoms with van der Waals surface area (Å²) < 4.78 is 39.7. The van der Waals surface area contributed by atoms with E-state index in [1.807, 2.05) is 6.07 Å². The number of hydrogen-bond acceptors (Lipinski definition) is 3. The summed E-state index contributed by atoms with van der Waals surface area (Å²) in [6.45, 7) is 0.498. The van der Waals surface area contributed by atoms with Gasteiger partial charge in [0.05, 0.1) is 5.69 Å². The molecule has 0 fully saturated rings. The summed E-state index contributed by atoms with van der Waals surface area (Å²) in [7, 11) is 0. The van der Waals surface area contributed by atoms with E-state index in [0.717, 1.165) is 11.3 Å². The van der Waals surface area contributed by atoms with Crippen molar-refractivity contribution in [1.82, 2.24) is 4.98 Å². The number of aromatic nitrogens is 1. The van der Waals surface area contributed by atoms with E-state index < -0.39 is 6.36 Å². The fourth-order valence-corrected chi connectivity index (χ4v) is 1.48. The number of ether oxygens (including phenoxy) is 1. The fraction of sp³-hybridized carbons (Fsp3) is 0.154. The highest BCUT2D eigenvalue weighted by molar-refractivity contribution is 5.41. The van der Waals surface area contributed by atoms with Crippen molar-refractivity contribution in [2.24, 2.45) is 0 Å². The Balaban J connectivity index is 1.92. The molecule has 0 atom stereocenters. The Bertz CT molecular complexity index is 512. The van der Waals surface area contributed by atoms with Gasteiger partial charge in [0.25, 0.3) is 0 Å². The van der Waals surface area contributed by atoms with Crippen LogP contribution >= 0.6 is 0 Å². The molecule has 1 N–H and O–H groups in total. The zero-order chi connectivity index (χ0) is 13.7. The van der Waals surface area contributed by atoms with Crippen molar-refractivity contribution < 1.29 is 17.9 Å². The van der Waals surface area contributed by atoms with E-state index in [1.165, 1.54) is 12.1 Å². The molecule has 0 saturated heterocycles. The van der Waals surface area contributed by atoms with Crippen LogP contribution in [0.3, 0.4) is 0 Å². The van der Waals surface area contributed by atoms with E-state index in [-0.39, 0.29) is 5.75 Å². The van der Waals surface area contributed by atoms with Gasteiger partial charge in [-0.3, -0.25) is 4.98 Å². The van der Waals surface area contributed by atoms with Crippen LogP contribution in [0.15, 0.2) is 48.8 Å². The van der Waals surface area contributed by atoms with Gasteiger partial charge in [-0.05, 0) is 29.8 Å². The Labute approximate surface area is 108 Å². The van der Waals surface area contributed by atoms with Crippen molar-refractivity contribution in [3.05, 3.63) is 54.4 Å². The molecule has 100 valence electrons. The first-order valence-corrected chi connectivity index (χ1v) is 5.51. The van der Waals surface area contributed by atoms with Crippen molar-refractivity contribution in [2.45, 2.75) is 12.9 Å². The van der Waals surface area contributed by atoms with Crippen LogP contribution in [-0.2, 0) is 6.54 Å². The number of halogens is 3. The predicted molar refractivity (Wildman–Crippen MR) is 64.7 cm³/mol. The molecule has 1 heterocycles. The quantitative estimate of drug-likeness (QED) is 0.920. The first-order valence-electron chi connectivity index (χ1n) is 5.51. The monoisotopic (exact) mass is 268 g/mol. The molecule has 1 aromatic carbocycles. The van der Waals surface area contributed by atoms with Crippen LogP contribution in [0.5, 0.6) is 5.75 Å². The molecule has 6 heteroatoms. The minimum Gasteiger partial charge on any atom is -0.406 e. The van der Waals surface area contributed by atoms with Crippen LogP contribution in [-0.4, -0.2) is 11.3 Å². The molecule has 0 amide bonds. The third kappa shape index (κ3) is 4.50. The van der Waals surface area contributed by atoms with Crippen LogP contribution < -0.4 is 10.1 Å². The van der Waals surface area contributed by atoms with Crippen molar-refractivity contribution in [3.63, 3.8) is 0 Å². The number of nitrogens with zero attached hydrogens (tertiary/aromatic N) is 1. The van der Waals surface area contributed by atoms with Gasteiger partial charge in [-0.25, -0.2) is 0 Å². The maximum absolute atomic E-state index is 12.0. The fourth-order valence-electron chi connectivity index (χ4n) is 1.48. The molecule has 0 unspecified atom stereocenters. The molecule has 0 aliphatic rings. The van der Waals surface area contributed by atoms with Gasteiger partial charge in [0.2, 0.25) is 0 Å². The van der Waals surface area contributed by atoms with E-state index in [2.05, 4.69) is 15.0 Å². The average Bonchev–Trinajstić information content (AvgIpc) is 2.37. The summed E-state index contributed by atoms with van der Waals surface area (Å²) in [5.41, 5.74) is 1.69. The third-order valence-electron chi connectivity index (χ3n) is 2.32. The van der Waals surface area contributed by atoms with Crippen molar-refractivity contribution in [1.29, 1.82) is 0 Å². The number of benzene rings is 1. The lowest BCUT2D eigenvalue weighted by Gasteiger charge is -2.10. The largest absolute Gasteiger partial charge is 0.573 e. The normalized spacial score (nSPS) is 11.1. The SMILES string of the molecule is FC(F)(F)Oc1ccc(CNc2cccnc2)cc1. The highest BCUT2D eigenvalue weighted by atomic mass is 19.4. The maximum atomic E-state index is 12.0. The van der Waals surface area contributed by atoms with E-state index >= 15 is 0 Å². The molecule has 0 aliphatic carbocycles. The maximum Gasteiger partial charge on any atom is 0.573 e. The molecule has 0 aliphatic heterocycles. The Morgan fingerprint density at radius 3 is 2.42 bits per heavy atom. The minimum atomic E-state index is -4.66. The van der Waals surface area contributed by atoms with E-state index in [9.17, 15) is 13.2 Å².